The molecule has 0 radical (unpaired) electrons. The largest absolute Gasteiger partial charge is 0.416 e. The Kier molecular flexibility index (Phi) is 5.00. The monoisotopic (exact) mass is 332 g/mol. The summed E-state index contributed by atoms with van der Waals surface area (Å²) in [6.45, 7) is 0. The van der Waals surface area contributed by atoms with Crippen LogP contribution in [-0.4, -0.2) is 12.0 Å². The van der Waals surface area contributed by atoms with E-state index in [0.29, 0.717) is 15.8 Å². The highest BCUT2D eigenvalue weighted by atomic mass is 35.5. The molecule has 112 valence electrons. The number of aromatic nitrogens is 1. The van der Waals surface area contributed by atoms with Crippen LogP contribution in [0.4, 0.5) is 19.0 Å². The smallest absolute Gasteiger partial charge is 0.373 e. The van der Waals surface area contributed by atoms with E-state index in [1.54, 1.807) is 12.1 Å². The number of anilines is 1. The Labute approximate surface area is 129 Å². The summed E-state index contributed by atoms with van der Waals surface area (Å²) >= 11 is 7.03. The Morgan fingerprint density at radius 1 is 1.19 bits per heavy atom. The standard InChI is InChI=1S/C14H12ClF3N2S/c1-19-12-6-10(14(16,17)18)7-13(20-12)21-8-9-2-4-11(15)5-3-9/h2-7H,8H2,1H3,(H,19,20). The van der Waals surface area contributed by atoms with Crippen LogP contribution in [0.5, 0.6) is 0 Å². The van der Waals surface area contributed by atoms with Gasteiger partial charge in [0.1, 0.15) is 5.82 Å². The molecular weight excluding hydrogens is 321 g/mol. The van der Waals surface area contributed by atoms with Crippen molar-refractivity contribution < 1.29 is 13.2 Å². The quantitative estimate of drug-likeness (QED) is 0.790. The maximum absolute atomic E-state index is 12.8. The normalized spacial score (nSPS) is 11.5. The van der Waals surface area contributed by atoms with E-state index in [1.165, 1.54) is 18.8 Å². The predicted molar refractivity (Wildman–Crippen MR) is 79.8 cm³/mol. The number of benzene rings is 1. The average Bonchev–Trinajstić information content (AvgIpc) is 2.45. The minimum absolute atomic E-state index is 0.198. The summed E-state index contributed by atoms with van der Waals surface area (Å²) in [7, 11) is 1.54. The van der Waals surface area contributed by atoms with Crippen LogP contribution >= 0.6 is 23.4 Å². The molecule has 0 bridgehead atoms. The lowest BCUT2D eigenvalue weighted by Gasteiger charge is -2.11. The maximum atomic E-state index is 12.8. The van der Waals surface area contributed by atoms with E-state index >= 15 is 0 Å². The topological polar surface area (TPSA) is 24.9 Å². The molecule has 1 heterocycles. The molecule has 0 amide bonds. The van der Waals surface area contributed by atoms with Crippen LogP contribution in [0, 0.1) is 0 Å². The number of nitrogens with one attached hydrogen (secondary N) is 1. The van der Waals surface area contributed by atoms with Gasteiger partial charge in [-0.25, -0.2) is 4.98 Å². The fourth-order valence-corrected chi connectivity index (χ4v) is 2.62. The summed E-state index contributed by atoms with van der Waals surface area (Å²) in [5.41, 5.74) is 0.259. The third-order valence-electron chi connectivity index (χ3n) is 2.69. The molecule has 0 saturated heterocycles. The van der Waals surface area contributed by atoms with Crippen molar-refractivity contribution in [2.75, 3.05) is 12.4 Å². The van der Waals surface area contributed by atoms with Crippen molar-refractivity contribution in [3.63, 3.8) is 0 Å². The minimum Gasteiger partial charge on any atom is -0.373 e. The van der Waals surface area contributed by atoms with Crippen molar-refractivity contribution in [3.05, 3.63) is 52.5 Å². The second kappa shape index (κ2) is 6.58. The highest BCUT2D eigenvalue weighted by Gasteiger charge is 2.31. The zero-order valence-corrected chi connectivity index (χ0v) is 12.6. The fraction of sp³-hybridized carbons (Fsp3) is 0.214. The van der Waals surface area contributed by atoms with Crippen molar-refractivity contribution in [2.45, 2.75) is 17.0 Å². The zero-order valence-electron chi connectivity index (χ0n) is 11.0. The number of thioether (sulfide) groups is 1. The summed E-state index contributed by atoms with van der Waals surface area (Å²) in [6.07, 6.45) is -4.38. The van der Waals surface area contributed by atoms with Crippen molar-refractivity contribution in [2.24, 2.45) is 0 Å². The van der Waals surface area contributed by atoms with Crippen molar-refractivity contribution in [1.82, 2.24) is 4.98 Å². The van der Waals surface area contributed by atoms with Crippen molar-refractivity contribution >= 4 is 29.2 Å². The van der Waals surface area contributed by atoms with E-state index in [4.69, 9.17) is 11.6 Å². The van der Waals surface area contributed by atoms with Gasteiger partial charge >= 0.3 is 6.18 Å². The lowest BCUT2D eigenvalue weighted by Crippen LogP contribution is -2.07. The Morgan fingerprint density at radius 3 is 2.43 bits per heavy atom. The van der Waals surface area contributed by atoms with Crippen LogP contribution in [0.3, 0.4) is 0 Å². The molecule has 0 fully saturated rings. The van der Waals surface area contributed by atoms with Gasteiger partial charge in [-0.1, -0.05) is 23.7 Å². The van der Waals surface area contributed by atoms with Gasteiger partial charge in [0.25, 0.3) is 0 Å². The third kappa shape index (κ3) is 4.54. The molecule has 0 unspecified atom stereocenters. The Balaban J connectivity index is 2.17. The lowest BCUT2D eigenvalue weighted by atomic mass is 10.2. The molecular formula is C14H12ClF3N2S. The van der Waals surface area contributed by atoms with Gasteiger partial charge in [0.2, 0.25) is 0 Å². The second-order valence-electron chi connectivity index (χ2n) is 4.24. The third-order valence-corrected chi connectivity index (χ3v) is 3.92. The van der Waals surface area contributed by atoms with Gasteiger partial charge in [0.15, 0.2) is 0 Å². The Bertz CT molecular complexity index is 615. The molecule has 2 rings (SSSR count). The number of hydrogen-bond donors (Lipinski definition) is 1. The molecule has 1 aromatic heterocycles. The van der Waals surface area contributed by atoms with Gasteiger partial charge in [0, 0.05) is 17.8 Å². The predicted octanol–water partition coefficient (Wildman–Crippen LogP) is 5.09. The molecule has 1 aromatic carbocycles. The molecule has 0 aliphatic heterocycles. The number of halogens is 4. The number of rotatable bonds is 4. The summed E-state index contributed by atoms with van der Waals surface area (Å²) in [5.74, 6) is 0.720. The summed E-state index contributed by atoms with van der Waals surface area (Å²) < 4.78 is 38.4. The van der Waals surface area contributed by atoms with Crippen LogP contribution in [0.2, 0.25) is 5.02 Å². The average molecular weight is 333 g/mol. The van der Waals surface area contributed by atoms with Crippen LogP contribution in [-0.2, 0) is 11.9 Å². The van der Waals surface area contributed by atoms with Gasteiger partial charge < -0.3 is 5.32 Å². The van der Waals surface area contributed by atoms with Gasteiger partial charge in [-0.05, 0) is 29.8 Å². The highest BCUT2D eigenvalue weighted by molar-refractivity contribution is 7.98. The number of nitrogens with zero attached hydrogens (tertiary/aromatic N) is 1. The van der Waals surface area contributed by atoms with E-state index in [-0.39, 0.29) is 5.82 Å². The van der Waals surface area contributed by atoms with Crippen molar-refractivity contribution in [1.29, 1.82) is 0 Å². The first-order chi connectivity index (χ1) is 9.88. The van der Waals surface area contributed by atoms with Crippen LogP contribution < -0.4 is 5.32 Å². The molecule has 2 nitrogen and oxygen atoms in total. The lowest BCUT2D eigenvalue weighted by molar-refractivity contribution is -0.137. The molecule has 0 atom stereocenters. The zero-order chi connectivity index (χ0) is 15.5. The summed E-state index contributed by atoms with van der Waals surface area (Å²) in [4.78, 5) is 4.12. The first kappa shape index (κ1) is 16.0. The number of alkyl halides is 3. The Morgan fingerprint density at radius 2 is 1.86 bits per heavy atom. The first-order valence-corrected chi connectivity index (χ1v) is 7.39. The van der Waals surface area contributed by atoms with E-state index in [1.807, 2.05) is 12.1 Å². The fourth-order valence-electron chi connectivity index (χ4n) is 1.61. The van der Waals surface area contributed by atoms with Gasteiger partial charge in [-0.2, -0.15) is 13.2 Å². The molecule has 0 saturated carbocycles. The SMILES string of the molecule is CNc1cc(C(F)(F)F)cc(SCc2ccc(Cl)cc2)n1. The van der Waals surface area contributed by atoms with E-state index in [2.05, 4.69) is 10.3 Å². The molecule has 2 aromatic rings. The highest BCUT2D eigenvalue weighted by Crippen LogP contribution is 2.33. The van der Waals surface area contributed by atoms with E-state index in [9.17, 15) is 13.2 Å². The van der Waals surface area contributed by atoms with Crippen LogP contribution in [0.15, 0.2) is 41.4 Å². The molecule has 1 N–H and O–H groups in total. The Hall–Kier alpha value is -1.40. The second-order valence-corrected chi connectivity index (χ2v) is 5.67. The van der Waals surface area contributed by atoms with E-state index < -0.39 is 11.7 Å². The molecule has 7 heteroatoms. The van der Waals surface area contributed by atoms with Crippen molar-refractivity contribution in [3.8, 4) is 0 Å². The van der Waals surface area contributed by atoms with E-state index in [0.717, 1.165) is 17.7 Å². The number of hydrogen-bond acceptors (Lipinski definition) is 3. The van der Waals surface area contributed by atoms with Crippen LogP contribution in [0.25, 0.3) is 0 Å². The molecule has 21 heavy (non-hydrogen) atoms. The summed E-state index contributed by atoms with van der Waals surface area (Å²) in [5, 5.41) is 3.59. The maximum Gasteiger partial charge on any atom is 0.416 e. The minimum atomic E-state index is -4.38. The van der Waals surface area contributed by atoms with Gasteiger partial charge in [-0.3, -0.25) is 0 Å². The summed E-state index contributed by atoms with van der Waals surface area (Å²) in [6, 6.07) is 9.21. The van der Waals surface area contributed by atoms with Gasteiger partial charge in [0.05, 0.1) is 10.6 Å². The molecule has 0 aliphatic rings. The van der Waals surface area contributed by atoms with Crippen LogP contribution in [0.1, 0.15) is 11.1 Å². The number of pyridine rings is 1. The van der Waals surface area contributed by atoms with Gasteiger partial charge in [-0.15, -0.1) is 11.8 Å². The molecule has 0 aliphatic carbocycles. The molecule has 0 spiro atoms. The first-order valence-electron chi connectivity index (χ1n) is 6.03.